The molecule has 0 unspecified atom stereocenters. The van der Waals surface area contributed by atoms with Crippen LogP contribution in [0.25, 0.3) is 5.65 Å². The highest BCUT2D eigenvalue weighted by Gasteiger charge is 2.00. The Morgan fingerprint density at radius 2 is 2.42 bits per heavy atom. The van der Waals surface area contributed by atoms with Gasteiger partial charge in [0.2, 0.25) is 0 Å². The van der Waals surface area contributed by atoms with E-state index in [9.17, 15) is 0 Å². The maximum absolute atomic E-state index is 5.57. The summed E-state index contributed by atoms with van der Waals surface area (Å²) in [6.07, 6.45) is 3.98. The number of aromatic nitrogens is 2. The minimum absolute atomic E-state index is 0.542. The van der Waals surface area contributed by atoms with E-state index < -0.39 is 0 Å². The molecule has 0 aliphatic heterocycles. The quantitative estimate of drug-likeness (QED) is 0.680. The molecule has 0 bridgehead atoms. The van der Waals surface area contributed by atoms with Crippen molar-refractivity contribution in [2.45, 2.75) is 13.5 Å². The molecule has 0 saturated heterocycles. The smallest absolute Gasteiger partial charge is 0.141 e. The van der Waals surface area contributed by atoms with Crippen molar-refractivity contribution < 1.29 is 0 Å². The molecule has 2 heterocycles. The highest BCUT2D eigenvalue weighted by molar-refractivity contribution is 5.48. The minimum atomic E-state index is 0.542. The van der Waals surface area contributed by atoms with E-state index in [0.29, 0.717) is 6.54 Å². The van der Waals surface area contributed by atoms with Crippen LogP contribution in [0.1, 0.15) is 11.3 Å². The molecule has 0 radical (unpaired) electrons. The normalized spacial score (nSPS) is 10.8. The Labute approximate surface area is 70.8 Å². The zero-order chi connectivity index (χ0) is 8.55. The highest BCUT2D eigenvalue weighted by Crippen LogP contribution is 2.09. The summed E-state index contributed by atoms with van der Waals surface area (Å²) in [6, 6.07) is 3.98. The lowest BCUT2D eigenvalue weighted by Gasteiger charge is -1.97. The Hall–Kier alpha value is -1.35. The van der Waals surface area contributed by atoms with E-state index in [1.807, 2.05) is 35.9 Å². The molecular formula is C9H11N3. The summed E-state index contributed by atoms with van der Waals surface area (Å²) in [6.45, 7) is 2.52. The van der Waals surface area contributed by atoms with Crippen LogP contribution >= 0.6 is 0 Å². The van der Waals surface area contributed by atoms with Crippen molar-refractivity contribution in [3.05, 3.63) is 35.8 Å². The fraction of sp³-hybridized carbons (Fsp3) is 0.222. The van der Waals surface area contributed by atoms with Crippen LogP contribution in [0.15, 0.2) is 24.5 Å². The molecule has 2 N–H and O–H groups in total. The SMILES string of the molecule is Cc1cn2cccc(CN)c2n1. The van der Waals surface area contributed by atoms with Gasteiger partial charge < -0.3 is 10.1 Å². The lowest BCUT2D eigenvalue weighted by atomic mass is 10.3. The Bertz CT molecular complexity index is 403. The summed E-state index contributed by atoms with van der Waals surface area (Å²) in [5.41, 5.74) is 8.65. The first-order chi connectivity index (χ1) is 5.81. The van der Waals surface area contributed by atoms with Gasteiger partial charge in [0, 0.05) is 24.5 Å². The van der Waals surface area contributed by atoms with Gasteiger partial charge in [0.15, 0.2) is 0 Å². The number of nitrogens with zero attached hydrogens (tertiary/aromatic N) is 2. The second-order valence-corrected chi connectivity index (χ2v) is 2.85. The highest BCUT2D eigenvalue weighted by atomic mass is 15.0. The molecule has 3 heteroatoms. The van der Waals surface area contributed by atoms with Crippen molar-refractivity contribution >= 4 is 5.65 Å². The third-order valence-electron chi connectivity index (χ3n) is 1.90. The van der Waals surface area contributed by atoms with Gasteiger partial charge in [-0.25, -0.2) is 4.98 Å². The molecule has 2 aromatic rings. The van der Waals surface area contributed by atoms with E-state index in [1.165, 1.54) is 0 Å². The molecule has 62 valence electrons. The molecule has 2 rings (SSSR count). The van der Waals surface area contributed by atoms with Crippen molar-refractivity contribution in [2.75, 3.05) is 0 Å². The van der Waals surface area contributed by atoms with Crippen molar-refractivity contribution in [3.63, 3.8) is 0 Å². The van der Waals surface area contributed by atoms with Crippen LogP contribution in [0.2, 0.25) is 0 Å². The van der Waals surface area contributed by atoms with Crippen molar-refractivity contribution in [2.24, 2.45) is 5.73 Å². The first kappa shape index (κ1) is 7.31. The van der Waals surface area contributed by atoms with Gasteiger partial charge in [-0.15, -0.1) is 0 Å². The lowest BCUT2D eigenvalue weighted by molar-refractivity contribution is 1.04. The Morgan fingerprint density at radius 1 is 1.58 bits per heavy atom. The molecule has 0 amide bonds. The number of hydrogen-bond donors (Lipinski definition) is 1. The molecule has 2 aromatic heterocycles. The summed E-state index contributed by atoms with van der Waals surface area (Å²) >= 11 is 0. The lowest BCUT2D eigenvalue weighted by Crippen LogP contribution is -1.99. The van der Waals surface area contributed by atoms with E-state index >= 15 is 0 Å². The van der Waals surface area contributed by atoms with Crippen LogP contribution < -0.4 is 5.73 Å². The molecule has 12 heavy (non-hydrogen) atoms. The van der Waals surface area contributed by atoms with Gasteiger partial charge in [0.1, 0.15) is 5.65 Å². The fourth-order valence-electron chi connectivity index (χ4n) is 1.35. The summed E-state index contributed by atoms with van der Waals surface area (Å²) < 4.78 is 2.00. The maximum atomic E-state index is 5.57. The first-order valence-electron chi connectivity index (χ1n) is 3.94. The Morgan fingerprint density at radius 3 is 3.17 bits per heavy atom. The summed E-state index contributed by atoms with van der Waals surface area (Å²) in [5, 5.41) is 0. The predicted molar refractivity (Wildman–Crippen MR) is 47.8 cm³/mol. The molecule has 0 fully saturated rings. The van der Waals surface area contributed by atoms with E-state index in [-0.39, 0.29) is 0 Å². The molecule has 3 nitrogen and oxygen atoms in total. The van der Waals surface area contributed by atoms with Crippen molar-refractivity contribution in [1.29, 1.82) is 0 Å². The predicted octanol–water partition coefficient (Wildman–Crippen LogP) is 1.10. The topological polar surface area (TPSA) is 43.3 Å². The van der Waals surface area contributed by atoms with Crippen molar-refractivity contribution in [3.8, 4) is 0 Å². The molecular weight excluding hydrogens is 150 g/mol. The van der Waals surface area contributed by atoms with Crippen LogP contribution in [-0.4, -0.2) is 9.38 Å². The van der Waals surface area contributed by atoms with Crippen LogP contribution in [0.3, 0.4) is 0 Å². The van der Waals surface area contributed by atoms with Gasteiger partial charge in [-0.05, 0) is 13.0 Å². The summed E-state index contributed by atoms with van der Waals surface area (Å²) in [7, 11) is 0. The largest absolute Gasteiger partial charge is 0.326 e. The zero-order valence-corrected chi connectivity index (χ0v) is 6.99. The van der Waals surface area contributed by atoms with Gasteiger partial charge in [0.25, 0.3) is 0 Å². The van der Waals surface area contributed by atoms with E-state index in [4.69, 9.17) is 5.73 Å². The molecule has 0 aliphatic rings. The van der Waals surface area contributed by atoms with Gasteiger partial charge in [-0.2, -0.15) is 0 Å². The summed E-state index contributed by atoms with van der Waals surface area (Å²) in [5.74, 6) is 0. The average Bonchev–Trinajstić information content (AvgIpc) is 2.44. The second-order valence-electron chi connectivity index (χ2n) is 2.85. The number of nitrogens with two attached hydrogens (primary N) is 1. The van der Waals surface area contributed by atoms with Gasteiger partial charge in [-0.3, -0.25) is 0 Å². The molecule has 0 aromatic carbocycles. The molecule has 0 aliphatic carbocycles. The number of fused-ring (bicyclic) bond motifs is 1. The number of imidazole rings is 1. The molecule has 0 spiro atoms. The van der Waals surface area contributed by atoms with Crippen molar-refractivity contribution in [1.82, 2.24) is 9.38 Å². The Kier molecular flexibility index (Phi) is 1.59. The minimum Gasteiger partial charge on any atom is -0.326 e. The number of rotatable bonds is 1. The van der Waals surface area contributed by atoms with Crippen LogP contribution in [0, 0.1) is 6.92 Å². The van der Waals surface area contributed by atoms with E-state index in [0.717, 1.165) is 16.9 Å². The number of aryl methyl sites for hydroxylation is 1. The summed E-state index contributed by atoms with van der Waals surface area (Å²) in [4.78, 5) is 4.37. The monoisotopic (exact) mass is 161 g/mol. The maximum Gasteiger partial charge on any atom is 0.141 e. The average molecular weight is 161 g/mol. The van der Waals surface area contributed by atoms with Gasteiger partial charge in [0.05, 0.1) is 5.69 Å². The van der Waals surface area contributed by atoms with Gasteiger partial charge >= 0.3 is 0 Å². The first-order valence-corrected chi connectivity index (χ1v) is 3.94. The second kappa shape index (κ2) is 2.60. The van der Waals surface area contributed by atoms with Crippen LogP contribution in [0.5, 0.6) is 0 Å². The standard InChI is InChI=1S/C9H11N3/c1-7-6-12-4-2-3-8(5-10)9(12)11-7/h2-4,6H,5,10H2,1H3. The number of pyridine rings is 1. The Balaban J connectivity index is 2.78. The van der Waals surface area contributed by atoms with E-state index in [1.54, 1.807) is 0 Å². The molecule has 0 atom stereocenters. The van der Waals surface area contributed by atoms with Crippen LogP contribution in [0.4, 0.5) is 0 Å². The fourth-order valence-corrected chi connectivity index (χ4v) is 1.35. The number of hydrogen-bond acceptors (Lipinski definition) is 2. The van der Waals surface area contributed by atoms with Gasteiger partial charge in [-0.1, -0.05) is 6.07 Å². The molecule has 0 saturated carbocycles. The third-order valence-corrected chi connectivity index (χ3v) is 1.90. The van der Waals surface area contributed by atoms with E-state index in [2.05, 4.69) is 4.98 Å². The zero-order valence-electron chi connectivity index (χ0n) is 6.99. The van der Waals surface area contributed by atoms with Crippen LogP contribution in [-0.2, 0) is 6.54 Å². The third kappa shape index (κ3) is 0.987.